The van der Waals surface area contributed by atoms with Gasteiger partial charge in [-0.05, 0) is 58.7 Å². The van der Waals surface area contributed by atoms with Crippen LogP contribution in [0.1, 0.15) is 63.9 Å². The third kappa shape index (κ3) is 7.49. The van der Waals surface area contributed by atoms with E-state index in [2.05, 4.69) is 48.6 Å². The van der Waals surface area contributed by atoms with Gasteiger partial charge in [-0.25, -0.2) is 4.99 Å². The summed E-state index contributed by atoms with van der Waals surface area (Å²) < 4.78 is 0. The third-order valence-electron chi connectivity index (χ3n) is 3.46. The van der Waals surface area contributed by atoms with Crippen LogP contribution < -0.4 is 16.0 Å². The average Bonchev–Trinajstić information content (AvgIpc) is 2.51. The second kappa shape index (κ2) is 9.30. The van der Waals surface area contributed by atoms with Crippen molar-refractivity contribution in [2.24, 2.45) is 4.99 Å². The van der Waals surface area contributed by atoms with Crippen LogP contribution in [0.4, 0.5) is 0 Å². The van der Waals surface area contributed by atoms with Gasteiger partial charge in [0.15, 0.2) is 5.96 Å². The molecular weight excluding hydrogens is 300 g/mol. The van der Waals surface area contributed by atoms with Crippen LogP contribution >= 0.6 is 0 Å². The van der Waals surface area contributed by atoms with Gasteiger partial charge in [0.05, 0.1) is 6.54 Å². The molecule has 0 spiro atoms. The van der Waals surface area contributed by atoms with E-state index in [0.717, 1.165) is 24.5 Å². The Labute approximate surface area is 146 Å². The number of rotatable bonds is 6. The van der Waals surface area contributed by atoms with Gasteiger partial charge in [-0.15, -0.1) is 0 Å². The van der Waals surface area contributed by atoms with Gasteiger partial charge in [-0.1, -0.05) is 19.1 Å². The zero-order chi connectivity index (χ0) is 18.2. The Morgan fingerprint density at radius 1 is 1.17 bits per heavy atom. The van der Waals surface area contributed by atoms with Crippen LogP contribution in [-0.4, -0.2) is 30.0 Å². The molecule has 1 aromatic carbocycles. The minimum absolute atomic E-state index is 0.0258. The normalized spacial score (nSPS) is 13.3. The Morgan fingerprint density at radius 2 is 1.79 bits per heavy atom. The van der Waals surface area contributed by atoms with Crippen LogP contribution in [0.2, 0.25) is 0 Å². The van der Waals surface area contributed by atoms with E-state index in [1.807, 2.05) is 38.1 Å². The molecule has 0 aliphatic rings. The molecule has 0 saturated carbocycles. The summed E-state index contributed by atoms with van der Waals surface area (Å²) in [6, 6.07) is 7.80. The molecule has 0 aliphatic carbocycles. The molecular formula is C19H32N4O. The van der Waals surface area contributed by atoms with Crippen molar-refractivity contribution in [3.63, 3.8) is 0 Å². The second-order valence-corrected chi connectivity index (χ2v) is 7.05. The summed E-state index contributed by atoms with van der Waals surface area (Å²) in [6.45, 7) is 13.8. The van der Waals surface area contributed by atoms with Crippen molar-refractivity contribution < 1.29 is 4.79 Å². The fourth-order valence-corrected chi connectivity index (χ4v) is 2.00. The molecule has 0 fully saturated rings. The molecule has 1 aromatic rings. The predicted octanol–water partition coefficient (Wildman–Crippen LogP) is 3.07. The van der Waals surface area contributed by atoms with E-state index >= 15 is 0 Å². The number of amides is 1. The van der Waals surface area contributed by atoms with E-state index in [4.69, 9.17) is 0 Å². The average molecular weight is 332 g/mol. The zero-order valence-corrected chi connectivity index (χ0v) is 15.9. The van der Waals surface area contributed by atoms with Crippen LogP contribution in [0.25, 0.3) is 0 Å². The van der Waals surface area contributed by atoms with Crippen LogP contribution in [0.5, 0.6) is 0 Å². The van der Waals surface area contributed by atoms with Gasteiger partial charge in [0.2, 0.25) is 0 Å². The number of carbonyl (C=O) groups excluding carboxylic acids is 1. The number of benzene rings is 1. The van der Waals surface area contributed by atoms with Crippen molar-refractivity contribution in [1.82, 2.24) is 16.0 Å². The van der Waals surface area contributed by atoms with Crippen LogP contribution in [0, 0.1) is 0 Å². The van der Waals surface area contributed by atoms with Gasteiger partial charge in [-0.2, -0.15) is 0 Å². The predicted molar refractivity (Wildman–Crippen MR) is 101 cm³/mol. The highest BCUT2D eigenvalue weighted by Gasteiger charge is 2.12. The standard InChI is InChI=1S/C19H32N4O/c1-7-14(3)22-17(24)16-11-9-15(10-12-16)13-21-18(20-8-2)23-19(4,5)6/h9-12,14H,7-8,13H2,1-6H3,(H,22,24)(H2,20,21,23). The summed E-state index contributed by atoms with van der Waals surface area (Å²) in [7, 11) is 0. The lowest BCUT2D eigenvalue weighted by Gasteiger charge is -2.23. The van der Waals surface area contributed by atoms with Crippen molar-refractivity contribution in [2.45, 2.75) is 66.1 Å². The molecule has 5 nitrogen and oxygen atoms in total. The fourth-order valence-electron chi connectivity index (χ4n) is 2.00. The smallest absolute Gasteiger partial charge is 0.251 e. The molecule has 1 unspecified atom stereocenters. The number of hydrogen-bond donors (Lipinski definition) is 3. The topological polar surface area (TPSA) is 65.5 Å². The monoisotopic (exact) mass is 332 g/mol. The number of carbonyl (C=O) groups is 1. The highest BCUT2D eigenvalue weighted by atomic mass is 16.1. The molecule has 0 heterocycles. The van der Waals surface area contributed by atoms with E-state index in [1.165, 1.54) is 0 Å². The highest BCUT2D eigenvalue weighted by Crippen LogP contribution is 2.07. The molecule has 1 amide bonds. The number of nitrogens with one attached hydrogen (secondary N) is 3. The van der Waals surface area contributed by atoms with E-state index in [0.29, 0.717) is 12.1 Å². The number of nitrogens with zero attached hydrogens (tertiary/aromatic N) is 1. The van der Waals surface area contributed by atoms with Crippen molar-refractivity contribution >= 4 is 11.9 Å². The Morgan fingerprint density at radius 3 is 2.29 bits per heavy atom. The molecule has 24 heavy (non-hydrogen) atoms. The van der Waals surface area contributed by atoms with Gasteiger partial charge in [0.25, 0.3) is 5.91 Å². The van der Waals surface area contributed by atoms with Gasteiger partial charge in [0, 0.05) is 23.7 Å². The van der Waals surface area contributed by atoms with Gasteiger partial charge in [-0.3, -0.25) is 4.79 Å². The Hall–Kier alpha value is -2.04. The molecule has 0 aliphatic heterocycles. The Balaban J connectivity index is 2.71. The molecule has 0 aromatic heterocycles. The Kier molecular flexibility index (Phi) is 7.75. The first kappa shape index (κ1) is 20.0. The molecule has 0 saturated heterocycles. The van der Waals surface area contributed by atoms with Gasteiger partial charge >= 0.3 is 0 Å². The van der Waals surface area contributed by atoms with Crippen molar-refractivity contribution in [2.75, 3.05) is 6.54 Å². The van der Waals surface area contributed by atoms with Crippen LogP contribution in [-0.2, 0) is 6.54 Å². The summed E-state index contributed by atoms with van der Waals surface area (Å²) in [5.74, 6) is 0.769. The van der Waals surface area contributed by atoms with Crippen molar-refractivity contribution in [1.29, 1.82) is 0 Å². The second-order valence-electron chi connectivity index (χ2n) is 7.05. The van der Waals surface area contributed by atoms with E-state index in [9.17, 15) is 4.79 Å². The first-order valence-electron chi connectivity index (χ1n) is 8.71. The molecule has 1 rings (SSSR count). The lowest BCUT2D eigenvalue weighted by atomic mass is 10.1. The number of guanidine groups is 1. The summed E-state index contributed by atoms with van der Waals surface area (Å²) >= 11 is 0. The maximum atomic E-state index is 12.1. The van der Waals surface area contributed by atoms with Gasteiger partial charge < -0.3 is 16.0 Å². The lowest BCUT2D eigenvalue weighted by molar-refractivity contribution is 0.0939. The summed E-state index contributed by atoms with van der Waals surface area (Å²) in [4.78, 5) is 16.7. The first-order chi connectivity index (χ1) is 11.2. The fraction of sp³-hybridized carbons (Fsp3) is 0.579. The molecule has 1 atom stereocenters. The highest BCUT2D eigenvalue weighted by molar-refractivity contribution is 5.94. The molecule has 134 valence electrons. The lowest BCUT2D eigenvalue weighted by Crippen LogP contribution is -2.47. The van der Waals surface area contributed by atoms with Gasteiger partial charge in [0.1, 0.15) is 0 Å². The number of aliphatic imine (C=N–C) groups is 1. The SMILES string of the molecule is CCNC(=NCc1ccc(C(=O)NC(C)CC)cc1)NC(C)(C)C. The Bertz CT molecular complexity index is 543. The summed E-state index contributed by atoms with van der Waals surface area (Å²) in [6.07, 6.45) is 0.923. The van der Waals surface area contributed by atoms with E-state index < -0.39 is 0 Å². The minimum atomic E-state index is -0.0427. The molecule has 5 heteroatoms. The summed E-state index contributed by atoms with van der Waals surface area (Å²) in [5.41, 5.74) is 1.71. The van der Waals surface area contributed by atoms with Crippen molar-refractivity contribution in [3.05, 3.63) is 35.4 Å². The van der Waals surface area contributed by atoms with Crippen molar-refractivity contribution in [3.8, 4) is 0 Å². The number of hydrogen-bond acceptors (Lipinski definition) is 2. The maximum Gasteiger partial charge on any atom is 0.251 e. The quantitative estimate of drug-likeness (QED) is 0.554. The largest absolute Gasteiger partial charge is 0.357 e. The molecule has 0 bridgehead atoms. The molecule has 3 N–H and O–H groups in total. The first-order valence-corrected chi connectivity index (χ1v) is 8.71. The van der Waals surface area contributed by atoms with E-state index in [-0.39, 0.29) is 17.5 Å². The molecule has 0 radical (unpaired) electrons. The maximum absolute atomic E-state index is 12.1. The minimum Gasteiger partial charge on any atom is -0.357 e. The van der Waals surface area contributed by atoms with Crippen LogP contribution in [0.3, 0.4) is 0 Å². The summed E-state index contributed by atoms with van der Waals surface area (Å²) in [5, 5.41) is 9.57. The zero-order valence-electron chi connectivity index (χ0n) is 15.9. The van der Waals surface area contributed by atoms with Crippen LogP contribution in [0.15, 0.2) is 29.3 Å². The van der Waals surface area contributed by atoms with E-state index in [1.54, 1.807) is 0 Å². The third-order valence-corrected chi connectivity index (χ3v) is 3.46.